The lowest BCUT2D eigenvalue weighted by Crippen LogP contribution is -2.21. The fourth-order valence-electron chi connectivity index (χ4n) is 2.01. The molecule has 0 N–H and O–H groups in total. The Labute approximate surface area is 131 Å². The van der Waals surface area contributed by atoms with E-state index in [-0.39, 0.29) is 0 Å². The molecule has 2 aromatic rings. The summed E-state index contributed by atoms with van der Waals surface area (Å²) in [7, 11) is 1.18. The first-order valence-electron chi connectivity index (χ1n) is 6.34. The van der Waals surface area contributed by atoms with Crippen molar-refractivity contribution >= 4 is 33.7 Å². The van der Waals surface area contributed by atoms with E-state index in [1.807, 2.05) is 23.6 Å². The van der Waals surface area contributed by atoms with Crippen molar-refractivity contribution in [3.05, 3.63) is 51.2 Å². The standard InChI is InChI=1S/C15H18ClNOS2/c1-11(12-4-6-15(7-5-12)20(3)18)17(2)9-14-8-13(16)10-19-14/h4-8,10-11H,9H2,1-3H3/t11-,20+/m1/s1. The highest BCUT2D eigenvalue weighted by atomic mass is 35.5. The fraction of sp³-hybridized carbons (Fsp3) is 0.333. The molecule has 0 aliphatic carbocycles. The summed E-state index contributed by atoms with van der Waals surface area (Å²) < 4.78 is 11.4. The van der Waals surface area contributed by atoms with Crippen LogP contribution < -0.4 is 0 Å². The van der Waals surface area contributed by atoms with Crippen LogP contribution in [0.3, 0.4) is 0 Å². The van der Waals surface area contributed by atoms with Gasteiger partial charge in [-0.15, -0.1) is 11.3 Å². The molecule has 0 amide bonds. The zero-order chi connectivity index (χ0) is 14.7. The van der Waals surface area contributed by atoms with E-state index in [0.29, 0.717) is 6.04 Å². The lowest BCUT2D eigenvalue weighted by Gasteiger charge is -2.24. The van der Waals surface area contributed by atoms with Gasteiger partial charge in [-0.3, -0.25) is 9.11 Å². The van der Waals surface area contributed by atoms with Gasteiger partial charge in [0.25, 0.3) is 0 Å². The molecule has 2 rings (SSSR count). The van der Waals surface area contributed by atoms with Crippen molar-refractivity contribution in [1.29, 1.82) is 0 Å². The molecule has 0 saturated carbocycles. The van der Waals surface area contributed by atoms with Crippen LogP contribution >= 0.6 is 22.9 Å². The smallest absolute Gasteiger partial charge is 0.0516 e. The van der Waals surface area contributed by atoms with Crippen molar-refractivity contribution in [2.45, 2.75) is 24.4 Å². The van der Waals surface area contributed by atoms with Crippen LogP contribution in [0.25, 0.3) is 0 Å². The molecule has 2 nitrogen and oxygen atoms in total. The van der Waals surface area contributed by atoms with Gasteiger partial charge in [-0.05, 0) is 37.7 Å². The molecule has 1 aromatic heterocycles. The van der Waals surface area contributed by atoms with Crippen molar-refractivity contribution in [3.63, 3.8) is 0 Å². The Balaban J connectivity index is 2.05. The largest absolute Gasteiger partial charge is 0.295 e. The summed E-state index contributed by atoms with van der Waals surface area (Å²) in [5, 5.41) is 2.77. The van der Waals surface area contributed by atoms with Gasteiger partial charge in [0.2, 0.25) is 0 Å². The van der Waals surface area contributed by atoms with Crippen LogP contribution in [0.15, 0.2) is 40.6 Å². The molecule has 0 unspecified atom stereocenters. The molecular weight excluding hydrogens is 310 g/mol. The van der Waals surface area contributed by atoms with Gasteiger partial charge in [-0.1, -0.05) is 23.7 Å². The molecule has 0 spiro atoms. The van der Waals surface area contributed by atoms with E-state index in [9.17, 15) is 4.21 Å². The fourth-order valence-corrected chi connectivity index (χ4v) is 3.67. The second-order valence-corrected chi connectivity index (χ2v) is 7.66. The van der Waals surface area contributed by atoms with Crippen molar-refractivity contribution < 1.29 is 4.21 Å². The predicted octanol–water partition coefficient (Wildman–Crippen LogP) is 4.33. The molecule has 0 radical (unpaired) electrons. The number of halogens is 1. The Bertz CT molecular complexity index is 594. The van der Waals surface area contributed by atoms with E-state index in [1.165, 1.54) is 10.4 Å². The summed E-state index contributed by atoms with van der Waals surface area (Å²) in [6.07, 6.45) is 1.70. The minimum Gasteiger partial charge on any atom is -0.295 e. The van der Waals surface area contributed by atoms with Gasteiger partial charge in [0.1, 0.15) is 0 Å². The van der Waals surface area contributed by atoms with Crippen molar-refractivity contribution in [1.82, 2.24) is 4.90 Å². The molecule has 0 saturated heterocycles. The average molecular weight is 328 g/mol. The summed E-state index contributed by atoms with van der Waals surface area (Å²) >= 11 is 7.63. The van der Waals surface area contributed by atoms with E-state index in [2.05, 4.69) is 31.0 Å². The monoisotopic (exact) mass is 327 g/mol. The molecule has 0 fully saturated rings. The minimum atomic E-state index is -0.916. The molecule has 0 aliphatic rings. The van der Waals surface area contributed by atoms with Crippen LogP contribution in [0.4, 0.5) is 0 Å². The van der Waals surface area contributed by atoms with E-state index >= 15 is 0 Å². The summed E-state index contributed by atoms with van der Waals surface area (Å²) in [6, 6.07) is 10.3. The van der Waals surface area contributed by atoms with Crippen LogP contribution in [0.2, 0.25) is 5.02 Å². The molecule has 1 aromatic carbocycles. The average Bonchev–Trinajstić information content (AvgIpc) is 2.83. The molecule has 5 heteroatoms. The highest BCUT2D eigenvalue weighted by Crippen LogP contribution is 2.25. The number of hydrogen-bond donors (Lipinski definition) is 0. The SMILES string of the molecule is C[C@H](c1ccc([S@](C)=O)cc1)N(C)Cc1cc(Cl)cs1. The van der Waals surface area contributed by atoms with Crippen LogP contribution in [0.1, 0.15) is 23.4 Å². The van der Waals surface area contributed by atoms with Gasteiger partial charge in [0.05, 0.1) is 5.02 Å². The molecule has 0 bridgehead atoms. The number of benzene rings is 1. The van der Waals surface area contributed by atoms with Crippen LogP contribution in [0, 0.1) is 0 Å². The van der Waals surface area contributed by atoms with Crippen molar-refractivity contribution in [2.75, 3.05) is 13.3 Å². The molecular formula is C15H18ClNOS2. The van der Waals surface area contributed by atoms with E-state index < -0.39 is 10.8 Å². The lowest BCUT2D eigenvalue weighted by atomic mass is 10.1. The van der Waals surface area contributed by atoms with E-state index in [4.69, 9.17) is 11.6 Å². The van der Waals surface area contributed by atoms with E-state index in [0.717, 1.165) is 16.5 Å². The van der Waals surface area contributed by atoms with Crippen LogP contribution in [0.5, 0.6) is 0 Å². The zero-order valence-electron chi connectivity index (χ0n) is 11.8. The molecule has 108 valence electrons. The van der Waals surface area contributed by atoms with Gasteiger partial charge >= 0.3 is 0 Å². The zero-order valence-corrected chi connectivity index (χ0v) is 14.2. The van der Waals surface area contributed by atoms with Crippen LogP contribution in [-0.2, 0) is 17.3 Å². The maximum atomic E-state index is 11.4. The Morgan fingerprint density at radius 2 is 2.00 bits per heavy atom. The number of thiophene rings is 1. The summed E-state index contributed by atoms with van der Waals surface area (Å²) in [5.41, 5.74) is 1.23. The normalized spacial score (nSPS) is 14.4. The quantitative estimate of drug-likeness (QED) is 0.814. The van der Waals surface area contributed by atoms with Gasteiger partial charge in [-0.25, -0.2) is 0 Å². The van der Waals surface area contributed by atoms with Gasteiger partial charge in [0, 0.05) is 44.8 Å². The highest BCUT2D eigenvalue weighted by molar-refractivity contribution is 7.84. The van der Waals surface area contributed by atoms with Crippen molar-refractivity contribution in [3.8, 4) is 0 Å². The maximum absolute atomic E-state index is 11.4. The topological polar surface area (TPSA) is 20.3 Å². The number of nitrogens with zero attached hydrogens (tertiary/aromatic N) is 1. The summed E-state index contributed by atoms with van der Waals surface area (Å²) in [5.74, 6) is 0. The molecule has 0 aliphatic heterocycles. The number of rotatable bonds is 5. The number of hydrogen-bond acceptors (Lipinski definition) is 3. The Morgan fingerprint density at radius 3 is 2.50 bits per heavy atom. The van der Waals surface area contributed by atoms with Crippen molar-refractivity contribution in [2.24, 2.45) is 0 Å². The van der Waals surface area contributed by atoms with Gasteiger partial charge in [-0.2, -0.15) is 0 Å². The Kier molecular flexibility index (Phi) is 5.38. The maximum Gasteiger partial charge on any atom is 0.0516 e. The Hall–Kier alpha value is -0.680. The Morgan fingerprint density at radius 1 is 1.35 bits per heavy atom. The van der Waals surface area contributed by atoms with E-state index in [1.54, 1.807) is 17.6 Å². The van der Waals surface area contributed by atoms with Gasteiger partial charge in [0.15, 0.2) is 0 Å². The first-order valence-corrected chi connectivity index (χ1v) is 9.15. The third-order valence-electron chi connectivity index (χ3n) is 3.38. The third-order valence-corrected chi connectivity index (χ3v) is 5.59. The second-order valence-electron chi connectivity index (χ2n) is 4.85. The third kappa shape index (κ3) is 3.92. The predicted molar refractivity (Wildman–Crippen MR) is 88.0 cm³/mol. The highest BCUT2D eigenvalue weighted by Gasteiger charge is 2.13. The lowest BCUT2D eigenvalue weighted by molar-refractivity contribution is 0.255. The summed E-state index contributed by atoms with van der Waals surface area (Å²) in [6.45, 7) is 3.05. The van der Waals surface area contributed by atoms with Gasteiger partial charge < -0.3 is 0 Å². The second kappa shape index (κ2) is 6.85. The molecule has 20 heavy (non-hydrogen) atoms. The minimum absolute atomic E-state index is 0.301. The first-order chi connectivity index (χ1) is 9.47. The molecule has 2 atom stereocenters. The summed E-state index contributed by atoms with van der Waals surface area (Å²) in [4.78, 5) is 4.41. The van der Waals surface area contributed by atoms with Crippen LogP contribution in [-0.4, -0.2) is 22.4 Å². The first kappa shape index (κ1) is 15.7. The molecule has 1 heterocycles.